The van der Waals surface area contributed by atoms with Gasteiger partial charge in [0.1, 0.15) is 7.85 Å². The van der Waals surface area contributed by atoms with Gasteiger partial charge in [0.05, 0.1) is 0 Å². The molecule has 0 fully saturated rings. The number of rotatable bonds is 0. The maximum absolute atomic E-state index is 11.0. The van der Waals surface area contributed by atoms with Gasteiger partial charge >= 0.3 is 0 Å². The van der Waals surface area contributed by atoms with E-state index in [2.05, 4.69) is 5.32 Å². The highest BCUT2D eigenvalue weighted by atomic mass is 16.1. The lowest BCUT2D eigenvalue weighted by Gasteiger charge is -1.95. The SMILES string of the molecule is CC.[B]c1ccc2c(c1)CNC2=O. The van der Waals surface area contributed by atoms with Crippen LogP contribution in [0.3, 0.4) is 0 Å². The molecule has 13 heavy (non-hydrogen) atoms. The molecule has 0 unspecified atom stereocenters. The van der Waals surface area contributed by atoms with Crippen LogP contribution in [0.2, 0.25) is 0 Å². The molecular weight excluding hydrogens is 161 g/mol. The summed E-state index contributed by atoms with van der Waals surface area (Å²) >= 11 is 0. The Morgan fingerprint density at radius 3 is 2.77 bits per heavy atom. The van der Waals surface area contributed by atoms with E-state index in [0.29, 0.717) is 12.0 Å². The van der Waals surface area contributed by atoms with Gasteiger partial charge in [-0.2, -0.15) is 0 Å². The topological polar surface area (TPSA) is 29.1 Å². The zero-order chi connectivity index (χ0) is 9.84. The van der Waals surface area contributed by atoms with E-state index in [1.165, 1.54) is 0 Å². The predicted molar refractivity (Wildman–Crippen MR) is 54.3 cm³/mol. The minimum absolute atomic E-state index is 0.000000000000000222. The van der Waals surface area contributed by atoms with Crippen molar-refractivity contribution < 1.29 is 4.79 Å². The molecule has 1 amide bonds. The Kier molecular flexibility index (Phi) is 3.12. The predicted octanol–water partition coefficient (Wildman–Crippen LogP) is 0.750. The van der Waals surface area contributed by atoms with Gasteiger partial charge in [0.25, 0.3) is 5.91 Å². The molecule has 3 heteroatoms. The van der Waals surface area contributed by atoms with E-state index >= 15 is 0 Å². The molecule has 0 spiro atoms. The van der Waals surface area contributed by atoms with Crippen LogP contribution in [0.15, 0.2) is 18.2 Å². The van der Waals surface area contributed by atoms with Crippen LogP contribution in [-0.4, -0.2) is 13.8 Å². The van der Waals surface area contributed by atoms with Gasteiger partial charge in [-0.05, 0) is 11.6 Å². The van der Waals surface area contributed by atoms with Crippen LogP contribution in [0, 0.1) is 0 Å². The van der Waals surface area contributed by atoms with Crippen LogP contribution in [-0.2, 0) is 6.54 Å². The van der Waals surface area contributed by atoms with E-state index in [-0.39, 0.29) is 5.91 Å². The summed E-state index contributed by atoms with van der Waals surface area (Å²) in [6.07, 6.45) is 0. The molecule has 0 saturated heterocycles. The van der Waals surface area contributed by atoms with Crippen LogP contribution in [0.1, 0.15) is 29.8 Å². The minimum Gasteiger partial charge on any atom is -0.348 e. The summed E-state index contributed by atoms with van der Waals surface area (Å²) in [6, 6.07) is 5.32. The van der Waals surface area contributed by atoms with Crippen molar-refractivity contribution in [1.29, 1.82) is 0 Å². The molecule has 2 rings (SSSR count). The second kappa shape index (κ2) is 4.12. The molecule has 1 aliphatic heterocycles. The summed E-state index contributed by atoms with van der Waals surface area (Å²) in [7, 11) is 5.54. The fraction of sp³-hybridized carbons (Fsp3) is 0.300. The standard InChI is InChI=1S/C8H6BNO.C2H6/c9-6-1-2-7-5(3-6)4-10-8(7)11;1-2/h1-3H,4H2,(H,10,11);1-2H3. The molecule has 1 heterocycles. The molecular formula is C10H12BNO. The van der Waals surface area contributed by atoms with E-state index < -0.39 is 0 Å². The third-order valence-corrected chi connectivity index (χ3v) is 1.81. The summed E-state index contributed by atoms with van der Waals surface area (Å²) in [6.45, 7) is 4.61. The van der Waals surface area contributed by atoms with E-state index in [1.807, 2.05) is 19.9 Å². The Labute approximate surface area is 79.8 Å². The van der Waals surface area contributed by atoms with Gasteiger partial charge in [0, 0.05) is 12.1 Å². The molecule has 1 aliphatic rings. The van der Waals surface area contributed by atoms with Gasteiger partial charge in [0.15, 0.2) is 0 Å². The molecule has 0 atom stereocenters. The highest BCUT2D eigenvalue weighted by Crippen LogP contribution is 2.12. The zero-order valence-corrected chi connectivity index (χ0v) is 7.92. The second-order valence-corrected chi connectivity index (χ2v) is 2.60. The molecule has 66 valence electrons. The normalized spacial score (nSPS) is 12.6. The number of amides is 1. The Morgan fingerprint density at radius 2 is 2.08 bits per heavy atom. The molecule has 1 aromatic carbocycles. The molecule has 0 aromatic heterocycles. The number of fused-ring (bicyclic) bond motifs is 1. The number of hydrogen-bond acceptors (Lipinski definition) is 1. The lowest BCUT2D eigenvalue weighted by Crippen LogP contribution is -2.12. The Balaban J connectivity index is 0.000000396. The molecule has 0 bridgehead atoms. The quantitative estimate of drug-likeness (QED) is 0.576. The monoisotopic (exact) mass is 173 g/mol. The van der Waals surface area contributed by atoms with Crippen molar-refractivity contribution in [2.45, 2.75) is 20.4 Å². The van der Waals surface area contributed by atoms with E-state index in [4.69, 9.17) is 7.85 Å². The van der Waals surface area contributed by atoms with Crippen LogP contribution >= 0.6 is 0 Å². The van der Waals surface area contributed by atoms with Gasteiger partial charge in [-0.1, -0.05) is 31.4 Å². The van der Waals surface area contributed by atoms with Crippen molar-refractivity contribution in [2.75, 3.05) is 0 Å². The van der Waals surface area contributed by atoms with Crippen molar-refractivity contribution in [3.63, 3.8) is 0 Å². The van der Waals surface area contributed by atoms with E-state index in [0.717, 1.165) is 11.1 Å². The summed E-state index contributed by atoms with van der Waals surface area (Å²) < 4.78 is 0. The first-order chi connectivity index (χ1) is 6.27. The number of carbonyl (C=O) groups excluding carboxylic acids is 1. The maximum Gasteiger partial charge on any atom is 0.251 e. The number of nitrogens with one attached hydrogen (secondary N) is 1. The molecule has 2 radical (unpaired) electrons. The van der Waals surface area contributed by atoms with Gasteiger partial charge < -0.3 is 5.32 Å². The number of benzene rings is 1. The first-order valence-corrected chi connectivity index (χ1v) is 4.44. The smallest absolute Gasteiger partial charge is 0.251 e. The Hall–Kier alpha value is -1.25. The average Bonchev–Trinajstić information content (AvgIpc) is 2.51. The summed E-state index contributed by atoms with van der Waals surface area (Å²) in [5, 5.41) is 2.72. The van der Waals surface area contributed by atoms with Gasteiger partial charge in [-0.25, -0.2) is 0 Å². The summed E-state index contributed by atoms with van der Waals surface area (Å²) in [4.78, 5) is 11.0. The number of carbonyl (C=O) groups is 1. The fourth-order valence-corrected chi connectivity index (χ4v) is 1.25. The summed E-state index contributed by atoms with van der Waals surface area (Å²) in [5.74, 6) is 0.000000000000000222. The van der Waals surface area contributed by atoms with Crippen LogP contribution in [0.25, 0.3) is 0 Å². The van der Waals surface area contributed by atoms with Crippen LogP contribution < -0.4 is 10.8 Å². The lowest BCUT2D eigenvalue weighted by molar-refractivity contribution is 0.0966. The Bertz CT molecular complexity index is 323. The second-order valence-electron chi connectivity index (χ2n) is 2.60. The minimum atomic E-state index is 0.000000000000000222. The maximum atomic E-state index is 11.0. The fourth-order valence-electron chi connectivity index (χ4n) is 1.25. The van der Waals surface area contributed by atoms with E-state index in [9.17, 15) is 4.79 Å². The Morgan fingerprint density at radius 1 is 1.38 bits per heavy atom. The van der Waals surface area contributed by atoms with Crippen LogP contribution in [0.4, 0.5) is 0 Å². The third-order valence-electron chi connectivity index (χ3n) is 1.81. The van der Waals surface area contributed by atoms with Crippen molar-refractivity contribution in [2.24, 2.45) is 0 Å². The highest BCUT2D eigenvalue weighted by Gasteiger charge is 2.17. The van der Waals surface area contributed by atoms with Gasteiger partial charge in [-0.3, -0.25) is 4.79 Å². The zero-order valence-electron chi connectivity index (χ0n) is 7.92. The van der Waals surface area contributed by atoms with Crippen LogP contribution in [0.5, 0.6) is 0 Å². The van der Waals surface area contributed by atoms with E-state index in [1.54, 1.807) is 12.1 Å². The van der Waals surface area contributed by atoms with Gasteiger partial charge in [0.2, 0.25) is 0 Å². The summed E-state index contributed by atoms with van der Waals surface area (Å²) in [5.41, 5.74) is 2.45. The molecule has 2 nitrogen and oxygen atoms in total. The van der Waals surface area contributed by atoms with Gasteiger partial charge in [-0.15, -0.1) is 0 Å². The molecule has 1 aromatic rings. The molecule has 0 aliphatic carbocycles. The molecule has 0 saturated carbocycles. The number of hydrogen-bond donors (Lipinski definition) is 1. The largest absolute Gasteiger partial charge is 0.348 e. The lowest BCUT2D eigenvalue weighted by atomic mass is 9.93. The third kappa shape index (κ3) is 1.91. The van der Waals surface area contributed by atoms with Crippen molar-refractivity contribution in [3.8, 4) is 0 Å². The first kappa shape index (κ1) is 9.84. The van der Waals surface area contributed by atoms with Crippen molar-refractivity contribution in [1.82, 2.24) is 5.32 Å². The average molecular weight is 173 g/mol. The first-order valence-electron chi connectivity index (χ1n) is 4.44. The van der Waals surface area contributed by atoms with Crippen molar-refractivity contribution >= 4 is 19.2 Å². The highest BCUT2D eigenvalue weighted by molar-refractivity contribution is 6.32. The van der Waals surface area contributed by atoms with Crippen molar-refractivity contribution in [3.05, 3.63) is 29.3 Å². The molecule has 1 N–H and O–H groups in total.